The highest BCUT2D eigenvalue weighted by atomic mass is 16.5. The summed E-state index contributed by atoms with van der Waals surface area (Å²) < 4.78 is 5.35. The molecule has 64 valence electrons. The van der Waals surface area contributed by atoms with E-state index in [1.165, 1.54) is 6.42 Å². The zero-order valence-electron chi connectivity index (χ0n) is 6.70. The van der Waals surface area contributed by atoms with Crippen molar-refractivity contribution in [2.75, 3.05) is 26.4 Å². The molecule has 0 bridgehead atoms. The van der Waals surface area contributed by atoms with Crippen molar-refractivity contribution in [3.63, 3.8) is 0 Å². The Bertz CT molecular complexity index is 134. The fourth-order valence-corrected chi connectivity index (χ4v) is 2.14. The molecule has 0 aromatic rings. The minimum atomic E-state index is 0.316. The van der Waals surface area contributed by atoms with Crippen LogP contribution in [0.25, 0.3) is 0 Å². The Kier molecular flexibility index (Phi) is 2.11. The van der Waals surface area contributed by atoms with Crippen LogP contribution in [0.3, 0.4) is 0 Å². The number of hydrogen-bond donors (Lipinski definition) is 1. The summed E-state index contributed by atoms with van der Waals surface area (Å²) in [7, 11) is 0. The molecule has 2 heterocycles. The predicted octanol–water partition coefficient (Wildman–Crippen LogP) is -0.158. The number of hydrogen-bond acceptors (Lipinski definition) is 3. The normalized spacial score (nSPS) is 39.0. The van der Waals surface area contributed by atoms with Crippen LogP contribution in [0.5, 0.6) is 0 Å². The first-order valence-corrected chi connectivity index (χ1v) is 4.36. The highest BCUT2D eigenvalue weighted by molar-refractivity contribution is 4.88. The van der Waals surface area contributed by atoms with Gasteiger partial charge in [0.2, 0.25) is 0 Å². The molecule has 0 spiro atoms. The van der Waals surface area contributed by atoms with Crippen LogP contribution in [0.4, 0.5) is 0 Å². The number of ether oxygens (including phenoxy) is 1. The Morgan fingerprint density at radius 2 is 2.36 bits per heavy atom. The number of nitrogens with zero attached hydrogens (tertiary/aromatic N) is 1. The predicted molar refractivity (Wildman–Crippen MR) is 41.4 cm³/mol. The number of aliphatic hydroxyl groups excluding tert-OH is 1. The smallest absolute Gasteiger partial charge is 0.0622 e. The summed E-state index contributed by atoms with van der Waals surface area (Å²) in [5.41, 5.74) is 0. The lowest BCUT2D eigenvalue weighted by molar-refractivity contribution is -0.0114. The third-order valence-electron chi connectivity index (χ3n) is 2.79. The second kappa shape index (κ2) is 3.09. The van der Waals surface area contributed by atoms with E-state index in [4.69, 9.17) is 9.84 Å². The second-order valence-corrected chi connectivity index (χ2v) is 3.38. The second-order valence-electron chi connectivity index (χ2n) is 3.38. The van der Waals surface area contributed by atoms with Crippen molar-refractivity contribution in [3.05, 3.63) is 0 Å². The molecule has 1 N–H and O–H groups in total. The maximum atomic E-state index is 9.02. The summed E-state index contributed by atoms with van der Waals surface area (Å²) in [5, 5.41) is 9.02. The zero-order valence-corrected chi connectivity index (χ0v) is 6.70. The molecule has 0 aromatic heterocycles. The Morgan fingerprint density at radius 3 is 3.18 bits per heavy atom. The van der Waals surface area contributed by atoms with Gasteiger partial charge in [0.1, 0.15) is 0 Å². The van der Waals surface area contributed by atoms with Crippen molar-refractivity contribution in [2.45, 2.75) is 24.9 Å². The van der Waals surface area contributed by atoms with Gasteiger partial charge in [-0.05, 0) is 12.8 Å². The van der Waals surface area contributed by atoms with Gasteiger partial charge < -0.3 is 9.84 Å². The minimum absolute atomic E-state index is 0.316. The van der Waals surface area contributed by atoms with Crippen molar-refractivity contribution in [1.29, 1.82) is 0 Å². The van der Waals surface area contributed by atoms with Gasteiger partial charge in [-0.1, -0.05) is 0 Å². The number of fused-ring (bicyclic) bond motifs is 1. The topological polar surface area (TPSA) is 32.7 Å². The fraction of sp³-hybridized carbons (Fsp3) is 1.00. The molecule has 0 amide bonds. The van der Waals surface area contributed by atoms with Crippen molar-refractivity contribution >= 4 is 0 Å². The fourth-order valence-electron chi connectivity index (χ4n) is 2.14. The molecule has 3 heteroatoms. The number of rotatable bonds is 1. The van der Waals surface area contributed by atoms with Gasteiger partial charge in [0.05, 0.1) is 19.8 Å². The van der Waals surface area contributed by atoms with Gasteiger partial charge in [0, 0.05) is 18.6 Å². The van der Waals surface area contributed by atoms with Crippen LogP contribution < -0.4 is 0 Å². The Labute approximate surface area is 66.9 Å². The molecule has 0 saturated carbocycles. The molecule has 2 aliphatic rings. The summed E-state index contributed by atoms with van der Waals surface area (Å²) >= 11 is 0. The number of aliphatic hydroxyl groups is 1. The summed E-state index contributed by atoms with van der Waals surface area (Å²) in [6, 6.07) is 1.02. The molecule has 0 aliphatic carbocycles. The van der Waals surface area contributed by atoms with E-state index in [0.717, 1.165) is 26.2 Å². The number of morpholine rings is 1. The van der Waals surface area contributed by atoms with Gasteiger partial charge in [0.25, 0.3) is 0 Å². The van der Waals surface area contributed by atoms with Gasteiger partial charge in [-0.3, -0.25) is 4.90 Å². The largest absolute Gasteiger partial charge is 0.395 e. The zero-order chi connectivity index (χ0) is 7.68. The molecular weight excluding hydrogens is 142 g/mol. The van der Waals surface area contributed by atoms with E-state index in [1.54, 1.807) is 0 Å². The average Bonchev–Trinajstić information content (AvgIpc) is 2.47. The first-order chi connectivity index (χ1) is 5.42. The Hall–Kier alpha value is -0.120. The standard InChI is InChI=1S/C8H15NO2/c10-5-7-1-2-8-6-11-4-3-9(7)8/h7-8,10H,1-6H2/t7-,8+/m0/s1. The third-order valence-corrected chi connectivity index (χ3v) is 2.79. The van der Waals surface area contributed by atoms with Crippen LogP contribution in [0.2, 0.25) is 0 Å². The molecule has 2 rings (SSSR count). The molecule has 0 unspecified atom stereocenters. The summed E-state index contributed by atoms with van der Waals surface area (Å²) in [6.45, 7) is 3.04. The van der Waals surface area contributed by atoms with Gasteiger partial charge in [-0.25, -0.2) is 0 Å². The molecular formula is C8H15NO2. The molecule has 2 fully saturated rings. The molecule has 2 saturated heterocycles. The molecule has 3 nitrogen and oxygen atoms in total. The van der Waals surface area contributed by atoms with Crippen molar-refractivity contribution in [2.24, 2.45) is 0 Å². The summed E-state index contributed by atoms with van der Waals surface area (Å²) in [4.78, 5) is 2.39. The highest BCUT2D eigenvalue weighted by Crippen LogP contribution is 2.25. The third kappa shape index (κ3) is 1.28. The monoisotopic (exact) mass is 157 g/mol. The molecule has 2 atom stereocenters. The minimum Gasteiger partial charge on any atom is -0.395 e. The van der Waals surface area contributed by atoms with Crippen molar-refractivity contribution in [1.82, 2.24) is 4.90 Å². The lowest BCUT2D eigenvalue weighted by Crippen LogP contribution is -2.46. The molecule has 2 aliphatic heterocycles. The molecule has 11 heavy (non-hydrogen) atoms. The van der Waals surface area contributed by atoms with Gasteiger partial charge in [0.15, 0.2) is 0 Å². The maximum Gasteiger partial charge on any atom is 0.0622 e. The van der Waals surface area contributed by atoms with E-state index < -0.39 is 0 Å². The first-order valence-electron chi connectivity index (χ1n) is 4.36. The van der Waals surface area contributed by atoms with Crippen LogP contribution in [0.15, 0.2) is 0 Å². The van der Waals surface area contributed by atoms with E-state index in [1.807, 2.05) is 0 Å². The quantitative estimate of drug-likeness (QED) is 0.574. The average molecular weight is 157 g/mol. The van der Waals surface area contributed by atoms with E-state index in [9.17, 15) is 0 Å². The van der Waals surface area contributed by atoms with E-state index in [2.05, 4.69) is 4.90 Å². The lowest BCUT2D eigenvalue weighted by Gasteiger charge is -2.32. The SMILES string of the molecule is OC[C@@H]1CC[C@@H]2COCCN12. The van der Waals surface area contributed by atoms with Crippen LogP contribution in [-0.4, -0.2) is 48.5 Å². The van der Waals surface area contributed by atoms with Gasteiger partial charge in [-0.15, -0.1) is 0 Å². The highest BCUT2D eigenvalue weighted by Gasteiger charge is 2.34. The van der Waals surface area contributed by atoms with Crippen LogP contribution in [-0.2, 0) is 4.74 Å². The lowest BCUT2D eigenvalue weighted by atomic mass is 10.2. The first kappa shape index (κ1) is 7.53. The van der Waals surface area contributed by atoms with E-state index >= 15 is 0 Å². The van der Waals surface area contributed by atoms with Crippen LogP contribution in [0, 0.1) is 0 Å². The summed E-state index contributed by atoms with van der Waals surface area (Å²) in [5.74, 6) is 0. The van der Waals surface area contributed by atoms with Gasteiger partial charge >= 0.3 is 0 Å². The van der Waals surface area contributed by atoms with Gasteiger partial charge in [-0.2, -0.15) is 0 Å². The summed E-state index contributed by atoms with van der Waals surface area (Å²) in [6.07, 6.45) is 2.34. The van der Waals surface area contributed by atoms with Crippen molar-refractivity contribution in [3.8, 4) is 0 Å². The van der Waals surface area contributed by atoms with Crippen molar-refractivity contribution < 1.29 is 9.84 Å². The van der Waals surface area contributed by atoms with E-state index in [-0.39, 0.29) is 0 Å². The van der Waals surface area contributed by atoms with E-state index in [0.29, 0.717) is 18.7 Å². The van der Waals surface area contributed by atoms with Crippen LogP contribution in [0.1, 0.15) is 12.8 Å². The molecule has 0 radical (unpaired) electrons. The van der Waals surface area contributed by atoms with Crippen LogP contribution >= 0.6 is 0 Å². The molecule has 0 aromatic carbocycles. The maximum absolute atomic E-state index is 9.02. The Morgan fingerprint density at radius 1 is 1.45 bits per heavy atom. The Balaban J connectivity index is 1.98.